The largest absolute Gasteiger partial charge is 0.347 e. The maximum Gasteiger partial charge on any atom is 0.243 e. The zero-order chi connectivity index (χ0) is 18.3. The van der Waals surface area contributed by atoms with Crippen LogP contribution in [0, 0.1) is 5.41 Å². The lowest BCUT2D eigenvalue weighted by atomic mass is 9.81. The van der Waals surface area contributed by atoms with E-state index in [0.29, 0.717) is 18.5 Å². The molecule has 0 fully saturated rings. The topological polar surface area (TPSA) is 102 Å². The average Bonchev–Trinajstić information content (AvgIpc) is 3.17. The molecule has 0 radical (unpaired) electrons. The summed E-state index contributed by atoms with van der Waals surface area (Å²) < 4.78 is 1.73. The third kappa shape index (κ3) is 4.45. The third-order valence-electron chi connectivity index (χ3n) is 4.56. The van der Waals surface area contributed by atoms with Crippen molar-refractivity contribution in [3.63, 3.8) is 0 Å². The van der Waals surface area contributed by atoms with Crippen LogP contribution in [0.15, 0.2) is 42.7 Å². The number of hydrogen-bond donors (Lipinski definition) is 3. The first kappa shape index (κ1) is 18.7. The van der Waals surface area contributed by atoms with E-state index in [0.717, 1.165) is 5.69 Å². The fraction of sp³-hybridized carbons (Fsp3) is 0.389. The molecular formula is C18H25N5O2. The molecule has 1 aromatic carbocycles. The van der Waals surface area contributed by atoms with Crippen molar-refractivity contribution in [2.45, 2.75) is 26.7 Å². The van der Waals surface area contributed by atoms with Crippen LogP contribution in [0.5, 0.6) is 0 Å². The lowest BCUT2D eigenvalue weighted by Crippen LogP contribution is -2.47. The summed E-state index contributed by atoms with van der Waals surface area (Å²) in [5.41, 5.74) is 6.70. The van der Waals surface area contributed by atoms with Gasteiger partial charge in [0.05, 0.1) is 17.6 Å². The summed E-state index contributed by atoms with van der Waals surface area (Å²) >= 11 is 0. The monoisotopic (exact) mass is 343 g/mol. The molecule has 1 aromatic heterocycles. The highest BCUT2D eigenvalue weighted by Crippen LogP contribution is 2.24. The van der Waals surface area contributed by atoms with E-state index in [1.165, 1.54) is 0 Å². The highest BCUT2D eigenvalue weighted by molar-refractivity contribution is 5.95. The molecule has 1 heterocycles. The Balaban J connectivity index is 1.89. The first-order chi connectivity index (χ1) is 12.0. The molecule has 7 nitrogen and oxygen atoms in total. The SMILES string of the molecule is CCC(CC)(CN)C(=O)NCC(=O)Nc1ccc(-n2cccn2)cc1. The summed E-state index contributed by atoms with van der Waals surface area (Å²) in [6, 6.07) is 9.13. The van der Waals surface area contributed by atoms with Crippen LogP contribution in [0.25, 0.3) is 5.69 Å². The number of anilines is 1. The Morgan fingerprint density at radius 2 is 1.88 bits per heavy atom. The van der Waals surface area contributed by atoms with Gasteiger partial charge in [0, 0.05) is 24.6 Å². The first-order valence-electron chi connectivity index (χ1n) is 8.43. The van der Waals surface area contributed by atoms with Crippen molar-refractivity contribution in [3.8, 4) is 5.69 Å². The fourth-order valence-electron chi connectivity index (χ4n) is 2.62. The Hall–Kier alpha value is -2.67. The van der Waals surface area contributed by atoms with Gasteiger partial charge in [-0.1, -0.05) is 13.8 Å². The molecule has 0 aliphatic carbocycles. The molecule has 0 aliphatic heterocycles. The van der Waals surface area contributed by atoms with Gasteiger partial charge in [-0.3, -0.25) is 9.59 Å². The van der Waals surface area contributed by atoms with Crippen LogP contribution in [-0.2, 0) is 9.59 Å². The van der Waals surface area contributed by atoms with Crippen molar-refractivity contribution in [1.82, 2.24) is 15.1 Å². The van der Waals surface area contributed by atoms with E-state index in [1.54, 1.807) is 23.0 Å². The lowest BCUT2D eigenvalue weighted by molar-refractivity contribution is -0.132. The average molecular weight is 343 g/mol. The number of nitrogens with one attached hydrogen (secondary N) is 2. The standard InChI is InChI=1S/C18H25N5O2/c1-3-18(4-2,13-19)17(25)20-12-16(24)22-14-6-8-15(9-7-14)23-11-5-10-21-23/h5-11H,3-4,12-13,19H2,1-2H3,(H,20,25)(H,22,24). The molecule has 4 N–H and O–H groups in total. The van der Waals surface area contributed by atoms with Gasteiger partial charge >= 0.3 is 0 Å². The second kappa shape index (κ2) is 8.43. The van der Waals surface area contributed by atoms with Crippen molar-refractivity contribution in [3.05, 3.63) is 42.7 Å². The van der Waals surface area contributed by atoms with Gasteiger partial charge in [0.1, 0.15) is 0 Å². The molecule has 0 saturated heterocycles. The second-order valence-corrected chi connectivity index (χ2v) is 5.92. The minimum Gasteiger partial charge on any atom is -0.347 e. The van der Waals surface area contributed by atoms with E-state index in [9.17, 15) is 9.59 Å². The molecule has 0 saturated carbocycles. The number of benzene rings is 1. The predicted octanol–water partition coefficient (Wildman–Crippen LogP) is 1.69. The number of hydrogen-bond acceptors (Lipinski definition) is 4. The van der Waals surface area contributed by atoms with E-state index in [2.05, 4.69) is 15.7 Å². The molecule has 2 amide bonds. The Labute approximate surface area is 147 Å². The zero-order valence-corrected chi connectivity index (χ0v) is 14.7. The van der Waals surface area contributed by atoms with Gasteiger partial charge in [0.2, 0.25) is 11.8 Å². The van der Waals surface area contributed by atoms with E-state index < -0.39 is 5.41 Å². The van der Waals surface area contributed by atoms with Gasteiger partial charge in [-0.2, -0.15) is 5.10 Å². The smallest absolute Gasteiger partial charge is 0.243 e. The van der Waals surface area contributed by atoms with Crippen molar-refractivity contribution < 1.29 is 9.59 Å². The van der Waals surface area contributed by atoms with Crippen LogP contribution in [-0.4, -0.2) is 34.7 Å². The maximum absolute atomic E-state index is 12.3. The summed E-state index contributed by atoms with van der Waals surface area (Å²) in [6.45, 7) is 4.04. The Morgan fingerprint density at radius 3 is 2.40 bits per heavy atom. The van der Waals surface area contributed by atoms with Crippen LogP contribution < -0.4 is 16.4 Å². The Bertz CT molecular complexity index is 683. The van der Waals surface area contributed by atoms with E-state index >= 15 is 0 Å². The van der Waals surface area contributed by atoms with Crippen LogP contribution >= 0.6 is 0 Å². The Morgan fingerprint density at radius 1 is 1.20 bits per heavy atom. The molecule has 25 heavy (non-hydrogen) atoms. The molecule has 2 rings (SSSR count). The van der Waals surface area contributed by atoms with Gasteiger partial charge in [0.15, 0.2) is 0 Å². The number of rotatable bonds is 8. The Kier molecular flexibility index (Phi) is 6.30. The quantitative estimate of drug-likeness (QED) is 0.679. The lowest BCUT2D eigenvalue weighted by Gasteiger charge is -2.28. The number of nitrogens with zero attached hydrogens (tertiary/aromatic N) is 2. The van der Waals surface area contributed by atoms with E-state index in [4.69, 9.17) is 5.73 Å². The van der Waals surface area contributed by atoms with Crippen LogP contribution in [0.4, 0.5) is 5.69 Å². The summed E-state index contributed by atoms with van der Waals surface area (Å²) in [4.78, 5) is 24.4. The van der Waals surface area contributed by atoms with Gasteiger partial charge in [-0.05, 0) is 43.2 Å². The molecular weight excluding hydrogens is 318 g/mol. The summed E-state index contributed by atoms with van der Waals surface area (Å²) in [5, 5.41) is 9.59. The number of carbonyl (C=O) groups excluding carboxylic acids is 2. The molecule has 0 atom stereocenters. The second-order valence-electron chi connectivity index (χ2n) is 5.92. The number of amides is 2. The van der Waals surface area contributed by atoms with Gasteiger partial charge in [-0.15, -0.1) is 0 Å². The van der Waals surface area contributed by atoms with Crippen LogP contribution in [0.2, 0.25) is 0 Å². The first-order valence-corrected chi connectivity index (χ1v) is 8.43. The summed E-state index contributed by atoms with van der Waals surface area (Å²) in [6.07, 6.45) is 4.82. The fourth-order valence-corrected chi connectivity index (χ4v) is 2.62. The zero-order valence-electron chi connectivity index (χ0n) is 14.7. The summed E-state index contributed by atoms with van der Waals surface area (Å²) in [7, 11) is 0. The van der Waals surface area contributed by atoms with Crippen molar-refractivity contribution >= 4 is 17.5 Å². The van der Waals surface area contributed by atoms with E-state index in [1.807, 2.05) is 38.2 Å². The van der Waals surface area contributed by atoms with E-state index in [-0.39, 0.29) is 24.9 Å². The maximum atomic E-state index is 12.3. The van der Waals surface area contributed by atoms with Gasteiger partial charge in [-0.25, -0.2) is 4.68 Å². The molecule has 0 bridgehead atoms. The molecule has 0 unspecified atom stereocenters. The number of carbonyl (C=O) groups is 2. The molecule has 134 valence electrons. The highest BCUT2D eigenvalue weighted by atomic mass is 16.2. The molecule has 0 aliphatic rings. The molecule has 2 aromatic rings. The minimum atomic E-state index is -0.605. The third-order valence-corrected chi connectivity index (χ3v) is 4.56. The van der Waals surface area contributed by atoms with Crippen LogP contribution in [0.3, 0.4) is 0 Å². The van der Waals surface area contributed by atoms with Crippen molar-refractivity contribution in [2.24, 2.45) is 11.1 Å². The van der Waals surface area contributed by atoms with Crippen LogP contribution in [0.1, 0.15) is 26.7 Å². The van der Waals surface area contributed by atoms with Gasteiger partial charge < -0.3 is 16.4 Å². The minimum absolute atomic E-state index is 0.0819. The highest BCUT2D eigenvalue weighted by Gasteiger charge is 2.33. The molecule has 7 heteroatoms. The normalized spacial score (nSPS) is 11.2. The van der Waals surface area contributed by atoms with Gasteiger partial charge in [0.25, 0.3) is 0 Å². The number of nitrogens with two attached hydrogens (primary N) is 1. The van der Waals surface area contributed by atoms with Crippen molar-refractivity contribution in [2.75, 3.05) is 18.4 Å². The molecule has 0 spiro atoms. The van der Waals surface area contributed by atoms with Crippen molar-refractivity contribution in [1.29, 1.82) is 0 Å². The number of aromatic nitrogens is 2. The predicted molar refractivity (Wildman–Crippen MR) is 97.3 cm³/mol. The summed E-state index contributed by atoms with van der Waals surface area (Å²) in [5.74, 6) is -0.456.